The fourth-order valence-electron chi connectivity index (χ4n) is 1.85. The van der Waals surface area contributed by atoms with Crippen LogP contribution in [0.15, 0.2) is 0 Å². The lowest BCUT2D eigenvalue weighted by atomic mass is 9.99. The summed E-state index contributed by atoms with van der Waals surface area (Å²) < 4.78 is 0. The van der Waals surface area contributed by atoms with Crippen molar-refractivity contribution in [3.63, 3.8) is 0 Å². The van der Waals surface area contributed by atoms with Crippen molar-refractivity contribution in [3.8, 4) is 12.3 Å². The number of ketones is 1. The summed E-state index contributed by atoms with van der Waals surface area (Å²) in [6, 6.07) is 0. The molecule has 0 saturated heterocycles. The predicted molar refractivity (Wildman–Crippen MR) is 49.6 cm³/mol. The molecule has 0 radical (unpaired) electrons. The molecule has 1 aliphatic carbocycles. The standard InChI is InChI=1S/C11H16O/c1-2-3-8-11(12)9-10-6-4-5-7-10/h1,10H,3-9H2. The number of terminal acetylenes is 1. The monoisotopic (exact) mass is 164 g/mol. The van der Waals surface area contributed by atoms with Gasteiger partial charge in [-0.2, -0.15) is 0 Å². The Kier molecular flexibility index (Phi) is 3.87. The smallest absolute Gasteiger partial charge is 0.134 e. The van der Waals surface area contributed by atoms with Crippen LogP contribution in [-0.4, -0.2) is 5.78 Å². The molecule has 1 rings (SSSR count). The predicted octanol–water partition coefficient (Wildman–Crippen LogP) is 2.55. The first-order chi connectivity index (χ1) is 5.83. The van der Waals surface area contributed by atoms with E-state index in [1.807, 2.05) is 0 Å². The highest BCUT2D eigenvalue weighted by Crippen LogP contribution is 2.27. The quantitative estimate of drug-likeness (QED) is 0.583. The molecule has 0 spiro atoms. The van der Waals surface area contributed by atoms with Gasteiger partial charge in [0, 0.05) is 19.3 Å². The molecule has 0 amide bonds. The van der Waals surface area contributed by atoms with E-state index in [0.29, 0.717) is 24.5 Å². The zero-order valence-corrected chi connectivity index (χ0v) is 7.51. The third-order valence-corrected chi connectivity index (χ3v) is 2.54. The van der Waals surface area contributed by atoms with E-state index in [9.17, 15) is 4.79 Å². The molecule has 1 heteroatoms. The van der Waals surface area contributed by atoms with E-state index >= 15 is 0 Å². The highest BCUT2D eigenvalue weighted by molar-refractivity contribution is 5.78. The highest BCUT2D eigenvalue weighted by Gasteiger charge is 2.17. The molecule has 0 atom stereocenters. The summed E-state index contributed by atoms with van der Waals surface area (Å²) >= 11 is 0. The van der Waals surface area contributed by atoms with Crippen LogP contribution in [0.2, 0.25) is 0 Å². The molecule has 1 fully saturated rings. The maximum atomic E-state index is 11.3. The van der Waals surface area contributed by atoms with Gasteiger partial charge >= 0.3 is 0 Å². The summed E-state index contributed by atoms with van der Waals surface area (Å²) in [5.74, 6) is 3.54. The molecule has 0 unspecified atom stereocenters. The molecule has 0 bridgehead atoms. The minimum absolute atomic E-state index is 0.361. The highest BCUT2D eigenvalue weighted by atomic mass is 16.1. The lowest BCUT2D eigenvalue weighted by Crippen LogP contribution is -2.04. The molecule has 0 heterocycles. The summed E-state index contributed by atoms with van der Waals surface area (Å²) in [6.45, 7) is 0. The lowest BCUT2D eigenvalue weighted by molar-refractivity contribution is -0.119. The molecule has 0 aromatic carbocycles. The minimum atomic E-state index is 0.361. The van der Waals surface area contributed by atoms with E-state index in [2.05, 4.69) is 5.92 Å². The van der Waals surface area contributed by atoms with Gasteiger partial charge in [0.15, 0.2) is 0 Å². The molecular weight excluding hydrogens is 148 g/mol. The average molecular weight is 164 g/mol. The molecule has 0 aromatic heterocycles. The summed E-state index contributed by atoms with van der Waals surface area (Å²) in [4.78, 5) is 11.3. The normalized spacial score (nSPS) is 17.6. The molecule has 1 nitrogen and oxygen atoms in total. The van der Waals surface area contributed by atoms with Gasteiger partial charge in [-0.3, -0.25) is 4.79 Å². The van der Waals surface area contributed by atoms with Crippen molar-refractivity contribution in [2.45, 2.75) is 44.9 Å². The Bertz CT molecular complexity index is 182. The number of hydrogen-bond donors (Lipinski definition) is 0. The van der Waals surface area contributed by atoms with Gasteiger partial charge in [0.1, 0.15) is 5.78 Å². The van der Waals surface area contributed by atoms with E-state index in [4.69, 9.17) is 6.42 Å². The second kappa shape index (κ2) is 4.98. The van der Waals surface area contributed by atoms with Crippen molar-refractivity contribution >= 4 is 5.78 Å². The number of rotatable bonds is 4. The topological polar surface area (TPSA) is 17.1 Å². The van der Waals surface area contributed by atoms with Crippen LogP contribution in [0.4, 0.5) is 0 Å². The Morgan fingerprint density at radius 1 is 1.42 bits per heavy atom. The van der Waals surface area contributed by atoms with E-state index in [1.54, 1.807) is 0 Å². The number of Topliss-reactive ketones (excluding diaryl/α,β-unsaturated/α-hetero) is 1. The zero-order valence-electron chi connectivity index (χ0n) is 7.51. The average Bonchev–Trinajstić information content (AvgIpc) is 2.53. The Morgan fingerprint density at radius 2 is 2.08 bits per heavy atom. The Balaban J connectivity index is 2.13. The largest absolute Gasteiger partial charge is 0.300 e. The van der Waals surface area contributed by atoms with Crippen molar-refractivity contribution in [1.29, 1.82) is 0 Å². The van der Waals surface area contributed by atoms with Crippen molar-refractivity contribution < 1.29 is 4.79 Å². The van der Waals surface area contributed by atoms with Crippen molar-refractivity contribution in [2.75, 3.05) is 0 Å². The summed E-state index contributed by atoms with van der Waals surface area (Å²) in [5, 5.41) is 0. The second-order valence-corrected chi connectivity index (χ2v) is 3.60. The second-order valence-electron chi connectivity index (χ2n) is 3.60. The van der Waals surface area contributed by atoms with Crippen LogP contribution in [0.5, 0.6) is 0 Å². The van der Waals surface area contributed by atoms with Crippen LogP contribution in [-0.2, 0) is 4.79 Å². The van der Waals surface area contributed by atoms with Gasteiger partial charge in [0.2, 0.25) is 0 Å². The van der Waals surface area contributed by atoms with Crippen LogP contribution < -0.4 is 0 Å². The molecule has 0 aromatic rings. The number of hydrogen-bond acceptors (Lipinski definition) is 1. The molecule has 1 saturated carbocycles. The summed E-state index contributed by atoms with van der Waals surface area (Å²) in [5.41, 5.74) is 0. The van der Waals surface area contributed by atoms with Crippen LogP contribution >= 0.6 is 0 Å². The van der Waals surface area contributed by atoms with Gasteiger partial charge in [-0.25, -0.2) is 0 Å². The Labute approximate surface area is 74.5 Å². The Hall–Kier alpha value is -0.770. The summed E-state index contributed by atoms with van der Waals surface area (Å²) in [6.07, 6.45) is 12.2. The summed E-state index contributed by atoms with van der Waals surface area (Å²) in [7, 11) is 0. The molecule has 12 heavy (non-hydrogen) atoms. The third-order valence-electron chi connectivity index (χ3n) is 2.54. The number of carbonyl (C=O) groups excluding carboxylic acids is 1. The van der Waals surface area contributed by atoms with Gasteiger partial charge in [0.25, 0.3) is 0 Å². The van der Waals surface area contributed by atoms with Crippen LogP contribution in [0.25, 0.3) is 0 Å². The van der Waals surface area contributed by atoms with Crippen molar-refractivity contribution in [2.24, 2.45) is 5.92 Å². The van der Waals surface area contributed by atoms with Crippen molar-refractivity contribution in [1.82, 2.24) is 0 Å². The van der Waals surface area contributed by atoms with Gasteiger partial charge in [0.05, 0.1) is 0 Å². The van der Waals surface area contributed by atoms with E-state index < -0.39 is 0 Å². The van der Waals surface area contributed by atoms with E-state index in [1.165, 1.54) is 25.7 Å². The van der Waals surface area contributed by atoms with Crippen LogP contribution in [0.3, 0.4) is 0 Å². The molecule has 66 valence electrons. The van der Waals surface area contributed by atoms with Crippen LogP contribution in [0.1, 0.15) is 44.9 Å². The molecule has 0 N–H and O–H groups in total. The molecule has 1 aliphatic rings. The maximum absolute atomic E-state index is 11.3. The first-order valence-corrected chi connectivity index (χ1v) is 4.78. The van der Waals surface area contributed by atoms with Gasteiger partial charge in [-0.1, -0.05) is 25.7 Å². The van der Waals surface area contributed by atoms with E-state index in [-0.39, 0.29) is 0 Å². The maximum Gasteiger partial charge on any atom is 0.134 e. The SMILES string of the molecule is C#CCCC(=O)CC1CCCC1. The molecular formula is C11H16O. The number of carbonyl (C=O) groups is 1. The van der Waals surface area contributed by atoms with Crippen LogP contribution in [0, 0.1) is 18.3 Å². The van der Waals surface area contributed by atoms with Gasteiger partial charge < -0.3 is 0 Å². The molecule has 0 aliphatic heterocycles. The lowest BCUT2D eigenvalue weighted by Gasteiger charge is -2.05. The van der Waals surface area contributed by atoms with Crippen molar-refractivity contribution in [3.05, 3.63) is 0 Å². The van der Waals surface area contributed by atoms with Gasteiger partial charge in [-0.05, 0) is 5.92 Å². The fourth-order valence-corrected chi connectivity index (χ4v) is 1.85. The zero-order chi connectivity index (χ0) is 8.81. The first-order valence-electron chi connectivity index (χ1n) is 4.78. The third kappa shape index (κ3) is 3.09. The van der Waals surface area contributed by atoms with Gasteiger partial charge in [-0.15, -0.1) is 12.3 Å². The first kappa shape index (κ1) is 9.32. The van der Waals surface area contributed by atoms with E-state index in [0.717, 1.165) is 6.42 Å². The fraction of sp³-hybridized carbons (Fsp3) is 0.727. The minimum Gasteiger partial charge on any atom is -0.300 e. The Morgan fingerprint density at radius 3 is 2.67 bits per heavy atom.